The summed E-state index contributed by atoms with van der Waals surface area (Å²) >= 11 is 0. The van der Waals surface area contributed by atoms with Gasteiger partial charge in [0.25, 0.3) is 5.91 Å². The van der Waals surface area contributed by atoms with Gasteiger partial charge in [0.15, 0.2) is 9.84 Å². The van der Waals surface area contributed by atoms with Crippen LogP contribution in [0.1, 0.15) is 64.6 Å². The maximum atomic E-state index is 13.2. The number of nitrogens with zero attached hydrogens (tertiary/aromatic N) is 2. The Hall–Kier alpha value is -2.93. The van der Waals surface area contributed by atoms with Crippen LogP contribution in [-0.2, 0) is 9.84 Å². The van der Waals surface area contributed by atoms with Crippen molar-refractivity contribution in [2.24, 2.45) is 0 Å². The van der Waals surface area contributed by atoms with Gasteiger partial charge in [-0.2, -0.15) is 5.10 Å². The van der Waals surface area contributed by atoms with Gasteiger partial charge in [-0.3, -0.25) is 9.48 Å². The second-order valence-corrected chi connectivity index (χ2v) is 10.7. The van der Waals surface area contributed by atoms with Crippen molar-refractivity contribution in [1.29, 1.82) is 0 Å². The van der Waals surface area contributed by atoms with Gasteiger partial charge in [-0.15, -0.1) is 0 Å². The highest BCUT2D eigenvalue weighted by Gasteiger charge is 2.36. The van der Waals surface area contributed by atoms with Crippen LogP contribution < -0.4 is 5.32 Å². The molecule has 0 radical (unpaired) electrons. The molecule has 1 N–H and O–H groups in total. The summed E-state index contributed by atoms with van der Waals surface area (Å²) in [5.41, 5.74) is 3.32. The topological polar surface area (TPSA) is 81.1 Å². The molecule has 0 spiro atoms. The van der Waals surface area contributed by atoms with Gasteiger partial charge in [0.05, 0.1) is 23.6 Å². The Balaban J connectivity index is 1.45. The van der Waals surface area contributed by atoms with E-state index in [2.05, 4.69) is 10.4 Å². The summed E-state index contributed by atoms with van der Waals surface area (Å²) in [5, 5.41) is 7.74. The van der Waals surface area contributed by atoms with Crippen LogP contribution in [0.25, 0.3) is 0 Å². The molecular weight excluding hydrogens is 410 g/mol. The van der Waals surface area contributed by atoms with E-state index in [4.69, 9.17) is 0 Å². The molecular formula is C24H25N3O3S. The molecule has 7 heteroatoms. The molecule has 5 rings (SSSR count). The lowest BCUT2D eigenvalue weighted by Crippen LogP contribution is -2.30. The van der Waals surface area contributed by atoms with Crippen LogP contribution in [0.4, 0.5) is 0 Å². The number of aromatic nitrogens is 2. The number of rotatable bonds is 6. The highest BCUT2D eigenvalue weighted by atomic mass is 32.2. The number of carbonyl (C=O) groups is 1. The van der Waals surface area contributed by atoms with Crippen molar-refractivity contribution < 1.29 is 13.2 Å². The monoisotopic (exact) mass is 435 g/mol. The van der Waals surface area contributed by atoms with Crippen molar-refractivity contribution in [2.75, 3.05) is 11.5 Å². The largest absolute Gasteiger partial charge is 0.340 e. The molecule has 0 unspecified atom stereocenters. The maximum Gasteiger partial charge on any atom is 0.272 e. The van der Waals surface area contributed by atoms with E-state index in [1.54, 1.807) is 0 Å². The quantitative estimate of drug-likeness (QED) is 0.641. The molecule has 1 aliphatic carbocycles. The summed E-state index contributed by atoms with van der Waals surface area (Å²) in [6, 6.07) is 21.1. The Kier molecular flexibility index (Phi) is 5.14. The highest BCUT2D eigenvalue weighted by molar-refractivity contribution is 7.91. The predicted octanol–water partition coefficient (Wildman–Crippen LogP) is 3.64. The summed E-state index contributed by atoms with van der Waals surface area (Å²) in [7, 11) is -3.03. The van der Waals surface area contributed by atoms with Crippen LogP contribution in [0.5, 0.6) is 0 Å². The van der Waals surface area contributed by atoms with Crippen molar-refractivity contribution in [2.45, 2.75) is 37.3 Å². The number of nitrogens with one attached hydrogen (secondary N) is 1. The summed E-state index contributed by atoms with van der Waals surface area (Å²) in [6.45, 7) is 0. The number of hydrogen-bond acceptors (Lipinski definition) is 4. The van der Waals surface area contributed by atoms with E-state index in [9.17, 15) is 13.2 Å². The minimum Gasteiger partial charge on any atom is -0.340 e. The first-order valence-electron chi connectivity index (χ1n) is 10.7. The van der Waals surface area contributed by atoms with E-state index < -0.39 is 9.84 Å². The average Bonchev–Trinajstić information content (AvgIpc) is 3.43. The molecule has 1 amide bonds. The van der Waals surface area contributed by atoms with Crippen molar-refractivity contribution >= 4 is 15.7 Å². The van der Waals surface area contributed by atoms with Crippen molar-refractivity contribution in [1.82, 2.24) is 15.1 Å². The number of hydrogen-bond donors (Lipinski definition) is 1. The van der Waals surface area contributed by atoms with Gasteiger partial charge in [-0.25, -0.2) is 8.42 Å². The smallest absolute Gasteiger partial charge is 0.272 e. The minimum atomic E-state index is -3.03. The van der Waals surface area contributed by atoms with Crippen LogP contribution >= 0.6 is 0 Å². The summed E-state index contributed by atoms with van der Waals surface area (Å²) < 4.78 is 25.8. The summed E-state index contributed by atoms with van der Waals surface area (Å²) in [5.74, 6) is 0.412. The van der Waals surface area contributed by atoms with Gasteiger partial charge >= 0.3 is 0 Å². The second kappa shape index (κ2) is 7.96. The summed E-state index contributed by atoms with van der Waals surface area (Å²) in [6.07, 6.45) is 2.67. The van der Waals surface area contributed by atoms with Gasteiger partial charge in [-0.05, 0) is 36.5 Å². The molecule has 2 heterocycles. The Morgan fingerprint density at radius 1 is 0.968 bits per heavy atom. The molecule has 1 aromatic heterocycles. The minimum absolute atomic E-state index is 0.103. The van der Waals surface area contributed by atoms with E-state index in [-0.39, 0.29) is 29.5 Å². The predicted molar refractivity (Wildman–Crippen MR) is 119 cm³/mol. The van der Waals surface area contributed by atoms with Gasteiger partial charge in [0, 0.05) is 11.6 Å². The molecule has 2 aromatic carbocycles. The normalized spacial score (nSPS) is 20.1. The molecule has 3 aromatic rings. The van der Waals surface area contributed by atoms with Crippen LogP contribution in [0, 0.1) is 0 Å². The van der Waals surface area contributed by atoms with Crippen molar-refractivity contribution in [3.8, 4) is 0 Å². The van der Waals surface area contributed by atoms with Crippen molar-refractivity contribution in [3.05, 3.63) is 89.2 Å². The van der Waals surface area contributed by atoms with Crippen molar-refractivity contribution in [3.63, 3.8) is 0 Å². The molecule has 1 aliphatic heterocycles. The Morgan fingerprint density at radius 3 is 2.10 bits per heavy atom. The number of benzene rings is 2. The molecule has 160 valence electrons. The third kappa shape index (κ3) is 4.28. The van der Waals surface area contributed by atoms with Gasteiger partial charge < -0.3 is 5.32 Å². The molecule has 31 heavy (non-hydrogen) atoms. The van der Waals surface area contributed by atoms with Crippen LogP contribution in [0.15, 0.2) is 66.7 Å². The second-order valence-electron chi connectivity index (χ2n) is 8.46. The fraction of sp³-hybridized carbons (Fsp3) is 0.333. The fourth-order valence-corrected chi connectivity index (χ4v) is 6.01. The van der Waals surface area contributed by atoms with Crippen LogP contribution in [0.2, 0.25) is 0 Å². The Morgan fingerprint density at radius 2 is 1.58 bits per heavy atom. The molecule has 2 aliphatic rings. The molecule has 1 atom stereocenters. The number of sulfone groups is 1. The van der Waals surface area contributed by atoms with E-state index in [1.807, 2.05) is 71.4 Å². The molecule has 0 bridgehead atoms. The average molecular weight is 436 g/mol. The van der Waals surface area contributed by atoms with Gasteiger partial charge in [0.2, 0.25) is 0 Å². The van der Waals surface area contributed by atoms with E-state index in [0.29, 0.717) is 18.0 Å². The van der Waals surface area contributed by atoms with Gasteiger partial charge in [0.1, 0.15) is 5.69 Å². The Bertz CT molecular complexity index is 1150. The molecule has 6 nitrogen and oxygen atoms in total. The highest BCUT2D eigenvalue weighted by Crippen LogP contribution is 2.42. The first kappa shape index (κ1) is 20.0. The number of carbonyl (C=O) groups excluding carboxylic acids is 1. The zero-order valence-electron chi connectivity index (χ0n) is 17.1. The van der Waals surface area contributed by atoms with Crippen LogP contribution in [0.3, 0.4) is 0 Å². The first-order chi connectivity index (χ1) is 15.0. The fourth-order valence-electron chi connectivity index (χ4n) is 4.32. The first-order valence-corrected chi connectivity index (χ1v) is 12.5. The molecule has 1 saturated carbocycles. The SMILES string of the molecule is O=C(NC(c1ccccc1)c1ccccc1)c1cc(C2CC2)n([C@H]2CCS(=O)(=O)C2)n1. The van der Waals surface area contributed by atoms with E-state index in [0.717, 1.165) is 29.7 Å². The Labute approximate surface area is 182 Å². The number of amides is 1. The lowest BCUT2D eigenvalue weighted by atomic mass is 9.98. The zero-order chi connectivity index (χ0) is 21.4. The zero-order valence-corrected chi connectivity index (χ0v) is 18.0. The maximum absolute atomic E-state index is 13.2. The molecule has 2 fully saturated rings. The van der Waals surface area contributed by atoms with Crippen LogP contribution in [-0.4, -0.2) is 35.6 Å². The molecule has 1 saturated heterocycles. The lowest BCUT2D eigenvalue weighted by molar-refractivity contribution is 0.0937. The summed E-state index contributed by atoms with van der Waals surface area (Å²) in [4.78, 5) is 13.2. The van der Waals surface area contributed by atoms with E-state index in [1.165, 1.54) is 0 Å². The lowest BCUT2D eigenvalue weighted by Gasteiger charge is -2.19. The third-order valence-corrected chi connectivity index (χ3v) is 7.84. The standard InChI is InChI=1S/C24H25N3O3S/c28-24(25-23(18-7-3-1-4-8-18)19-9-5-2-6-10-19)21-15-22(17-11-12-17)27(26-21)20-13-14-31(29,30)16-20/h1-10,15,17,20,23H,11-14,16H2,(H,25,28)/t20-/m0/s1. The van der Waals surface area contributed by atoms with E-state index >= 15 is 0 Å². The van der Waals surface area contributed by atoms with Gasteiger partial charge in [-0.1, -0.05) is 60.7 Å². The third-order valence-electron chi connectivity index (χ3n) is 6.09.